The van der Waals surface area contributed by atoms with E-state index in [1.807, 2.05) is 13.0 Å². The molecule has 1 fully saturated rings. The van der Waals surface area contributed by atoms with Crippen LogP contribution in [0.4, 0.5) is 0 Å². The summed E-state index contributed by atoms with van der Waals surface area (Å²) in [5, 5.41) is 10.3. The highest BCUT2D eigenvalue weighted by Gasteiger charge is 2.16. The van der Waals surface area contributed by atoms with Crippen LogP contribution >= 0.6 is 0 Å². The SMILES string of the molecule is Cc1nc2ccccc2n1CCN(C)CC(O)CN1CCOCC1. The topological polar surface area (TPSA) is 53.8 Å². The molecule has 1 aromatic carbocycles. The molecule has 1 atom stereocenters. The molecule has 1 unspecified atom stereocenters. The van der Waals surface area contributed by atoms with Crippen molar-refractivity contribution in [3.05, 3.63) is 30.1 Å². The van der Waals surface area contributed by atoms with E-state index < -0.39 is 0 Å². The lowest BCUT2D eigenvalue weighted by Crippen LogP contribution is -2.44. The third kappa shape index (κ3) is 4.33. The van der Waals surface area contributed by atoms with Crippen molar-refractivity contribution in [2.45, 2.75) is 19.6 Å². The number of aliphatic hydroxyl groups is 1. The van der Waals surface area contributed by atoms with E-state index in [-0.39, 0.29) is 6.10 Å². The predicted octanol–water partition coefficient (Wildman–Crippen LogP) is 0.970. The fourth-order valence-electron chi connectivity index (χ4n) is 3.34. The van der Waals surface area contributed by atoms with Crippen LogP contribution in [0.25, 0.3) is 11.0 Å². The molecule has 0 radical (unpaired) electrons. The Kier molecular flexibility index (Phi) is 5.84. The molecule has 2 aromatic rings. The number of aryl methyl sites for hydroxylation is 1. The van der Waals surface area contributed by atoms with E-state index in [1.165, 1.54) is 5.52 Å². The van der Waals surface area contributed by atoms with Crippen molar-refractivity contribution in [2.24, 2.45) is 0 Å². The van der Waals surface area contributed by atoms with Crippen molar-refractivity contribution in [1.82, 2.24) is 19.4 Å². The summed E-state index contributed by atoms with van der Waals surface area (Å²) in [4.78, 5) is 9.07. The number of likely N-dealkylation sites (N-methyl/N-ethyl adjacent to an activating group) is 1. The van der Waals surface area contributed by atoms with Crippen molar-refractivity contribution < 1.29 is 9.84 Å². The number of fused-ring (bicyclic) bond motifs is 1. The molecule has 1 aromatic heterocycles. The number of nitrogens with zero attached hydrogens (tertiary/aromatic N) is 4. The Bertz CT molecular complexity index is 652. The minimum absolute atomic E-state index is 0.325. The zero-order valence-corrected chi connectivity index (χ0v) is 14.7. The first-order chi connectivity index (χ1) is 11.6. The van der Waals surface area contributed by atoms with Crippen molar-refractivity contribution in [3.63, 3.8) is 0 Å². The highest BCUT2D eigenvalue weighted by Crippen LogP contribution is 2.15. The molecule has 2 heterocycles. The van der Waals surface area contributed by atoms with Gasteiger partial charge in [-0.1, -0.05) is 12.1 Å². The highest BCUT2D eigenvalue weighted by molar-refractivity contribution is 5.75. The molecule has 1 aliphatic heterocycles. The number of para-hydroxylation sites is 2. The number of β-amino-alcohol motifs (C(OH)–C–C–N with tert-alkyl or cyclic N) is 1. The number of hydrogen-bond acceptors (Lipinski definition) is 5. The quantitative estimate of drug-likeness (QED) is 0.819. The van der Waals surface area contributed by atoms with Gasteiger partial charge in [0.2, 0.25) is 0 Å². The van der Waals surface area contributed by atoms with Gasteiger partial charge in [0.1, 0.15) is 5.82 Å². The Labute approximate surface area is 143 Å². The molecule has 6 nitrogen and oxygen atoms in total. The van der Waals surface area contributed by atoms with Gasteiger partial charge in [-0.2, -0.15) is 0 Å². The second-order valence-corrected chi connectivity index (χ2v) is 6.63. The van der Waals surface area contributed by atoms with Crippen LogP contribution in [0.2, 0.25) is 0 Å². The van der Waals surface area contributed by atoms with Gasteiger partial charge in [0.05, 0.1) is 30.4 Å². The average molecular weight is 332 g/mol. The number of rotatable bonds is 7. The molecule has 0 spiro atoms. The molecule has 0 saturated carbocycles. The Morgan fingerprint density at radius 1 is 1.29 bits per heavy atom. The summed E-state index contributed by atoms with van der Waals surface area (Å²) in [7, 11) is 2.07. The molecule has 1 saturated heterocycles. The Hall–Kier alpha value is -1.47. The summed E-state index contributed by atoms with van der Waals surface area (Å²) in [5.41, 5.74) is 2.22. The van der Waals surface area contributed by atoms with Gasteiger partial charge in [-0.3, -0.25) is 4.90 Å². The summed E-state index contributed by atoms with van der Waals surface area (Å²) < 4.78 is 7.60. The van der Waals surface area contributed by atoms with Gasteiger partial charge in [0.25, 0.3) is 0 Å². The van der Waals surface area contributed by atoms with Gasteiger partial charge >= 0.3 is 0 Å². The summed E-state index contributed by atoms with van der Waals surface area (Å²) in [5.74, 6) is 1.04. The van der Waals surface area contributed by atoms with Crippen molar-refractivity contribution in [3.8, 4) is 0 Å². The second kappa shape index (κ2) is 8.07. The van der Waals surface area contributed by atoms with Gasteiger partial charge in [0, 0.05) is 39.3 Å². The van der Waals surface area contributed by atoms with E-state index in [1.54, 1.807) is 0 Å². The van der Waals surface area contributed by atoms with Crippen LogP contribution in [0.5, 0.6) is 0 Å². The van der Waals surface area contributed by atoms with Crippen LogP contribution in [0.15, 0.2) is 24.3 Å². The van der Waals surface area contributed by atoms with E-state index in [4.69, 9.17) is 4.74 Å². The van der Waals surface area contributed by atoms with Gasteiger partial charge in [-0.15, -0.1) is 0 Å². The van der Waals surface area contributed by atoms with Crippen molar-refractivity contribution >= 4 is 11.0 Å². The Balaban J connectivity index is 1.49. The van der Waals surface area contributed by atoms with Gasteiger partial charge in [-0.05, 0) is 26.1 Å². The smallest absolute Gasteiger partial charge is 0.106 e. The lowest BCUT2D eigenvalue weighted by atomic mass is 10.3. The van der Waals surface area contributed by atoms with Gasteiger partial charge in [-0.25, -0.2) is 4.98 Å². The van der Waals surface area contributed by atoms with Crippen LogP contribution < -0.4 is 0 Å². The maximum atomic E-state index is 10.3. The molecule has 1 N–H and O–H groups in total. The Morgan fingerprint density at radius 2 is 2.04 bits per heavy atom. The van der Waals surface area contributed by atoms with E-state index in [9.17, 15) is 5.11 Å². The van der Waals surface area contributed by atoms with Crippen molar-refractivity contribution in [1.29, 1.82) is 0 Å². The number of imidazole rings is 1. The molecule has 132 valence electrons. The molecule has 3 rings (SSSR count). The fourth-order valence-corrected chi connectivity index (χ4v) is 3.34. The van der Waals surface area contributed by atoms with Crippen molar-refractivity contribution in [2.75, 3.05) is 53.0 Å². The van der Waals surface area contributed by atoms with Crippen LogP contribution in [0.3, 0.4) is 0 Å². The molecule has 0 bridgehead atoms. The predicted molar refractivity (Wildman–Crippen MR) is 95.2 cm³/mol. The number of aliphatic hydroxyl groups excluding tert-OH is 1. The highest BCUT2D eigenvalue weighted by atomic mass is 16.5. The molecular formula is C18H28N4O2. The first kappa shape index (κ1) is 17.4. The largest absolute Gasteiger partial charge is 0.390 e. The number of hydrogen-bond donors (Lipinski definition) is 1. The van der Waals surface area contributed by atoms with Crippen LogP contribution in [0.1, 0.15) is 5.82 Å². The lowest BCUT2D eigenvalue weighted by molar-refractivity contribution is 0.00856. The molecule has 0 aliphatic carbocycles. The minimum atomic E-state index is -0.325. The first-order valence-corrected chi connectivity index (χ1v) is 8.72. The minimum Gasteiger partial charge on any atom is -0.390 e. The van der Waals surface area contributed by atoms with Crippen LogP contribution in [0, 0.1) is 6.92 Å². The average Bonchev–Trinajstić information content (AvgIpc) is 2.89. The first-order valence-electron chi connectivity index (χ1n) is 8.72. The van der Waals surface area contributed by atoms with Crippen LogP contribution in [-0.4, -0.2) is 83.5 Å². The number of ether oxygens (including phenoxy) is 1. The standard InChI is InChI=1S/C18H28N4O2/c1-15-19-17-5-3-4-6-18(17)22(15)8-7-20(2)13-16(23)14-21-9-11-24-12-10-21/h3-6,16,23H,7-14H2,1-2H3. The molecule has 24 heavy (non-hydrogen) atoms. The van der Waals surface area contributed by atoms with Gasteiger partial charge in [0.15, 0.2) is 0 Å². The number of morpholine rings is 1. The zero-order chi connectivity index (χ0) is 16.9. The molecule has 0 amide bonds. The fraction of sp³-hybridized carbons (Fsp3) is 0.611. The summed E-state index contributed by atoms with van der Waals surface area (Å²) in [6.45, 7) is 8.61. The third-order valence-electron chi connectivity index (χ3n) is 4.65. The van der Waals surface area contributed by atoms with E-state index in [2.05, 4.69) is 44.6 Å². The molecule has 6 heteroatoms. The van der Waals surface area contributed by atoms with Gasteiger partial charge < -0.3 is 19.3 Å². The third-order valence-corrected chi connectivity index (χ3v) is 4.65. The van der Waals surface area contributed by atoms with E-state index in [0.29, 0.717) is 6.54 Å². The zero-order valence-electron chi connectivity index (χ0n) is 14.7. The van der Waals surface area contributed by atoms with E-state index >= 15 is 0 Å². The summed E-state index contributed by atoms with van der Waals surface area (Å²) >= 11 is 0. The van der Waals surface area contributed by atoms with E-state index in [0.717, 1.165) is 57.3 Å². The Morgan fingerprint density at radius 3 is 2.83 bits per heavy atom. The normalized spacial score (nSPS) is 17.7. The molecule has 1 aliphatic rings. The summed E-state index contributed by atoms with van der Waals surface area (Å²) in [6.07, 6.45) is -0.325. The number of aromatic nitrogens is 2. The van der Waals surface area contributed by atoms with Crippen LogP contribution in [-0.2, 0) is 11.3 Å². The maximum Gasteiger partial charge on any atom is 0.106 e. The second-order valence-electron chi connectivity index (χ2n) is 6.63. The lowest BCUT2D eigenvalue weighted by Gasteiger charge is -2.30. The maximum absolute atomic E-state index is 10.3. The summed E-state index contributed by atoms with van der Waals surface area (Å²) in [6, 6.07) is 8.24. The number of benzene rings is 1. The monoisotopic (exact) mass is 332 g/mol. The molecular weight excluding hydrogens is 304 g/mol.